The Morgan fingerprint density at radius 1 is 1.08 bits per heavy atom. The van der Waals surface area contributed by atoms with Gasteiger partial charge in [-0.3, -0.25) is 9.79 Å². The zero-order chi connectivity index (χ0) is 25.2. The van der Waals surface area contributed by atoms with Crippen molar-refractivity contribution < 1.29 is 13.6 Å². The molecule has 2 aromatic heterocycles. The number of carbonyl (C=O) groups is 1. The Morgan fingerprint density at radius 2 is 1.83 bits per heavy atom. The number of carbonyl (C=O) groups excluding carboxylic acids is 1. The van der Waals surface area contributed by atoms with Crippen LogP contribution in [0.2, 0.25) is 0 Å². The number of benzene rings is 2. The second kappa shape index (κ2) is 9.28. The number of nitrogens with zero attached hydrogens (tertiary/aromatic N) is 4. The van der Waals surface area contributed by atoms with E-state index in [2.05, 4.69) is 27.4 Å². The van der Waals surface area contributed by atoms with Gasteiger partial charge < -0.3 is 9.73 Å². The van der Waals surface area contributed by atoms with Crippen molar-refractivity contribution in [2.24, 2.45) is 10.9 Å². The van der Waals surface area contributed by atoms with E-state index < -0.39 is 17.7 Å². The summed E-state index contributed by atoms with van der Waals surface area (Å²) in [5.74, 6) is -1.57. The van der Waals surface area contributed by atoms with E-state index in [9.17, 15) is 19.7 Å². The van der Waals surface area contributed by atoms with Crippen LogP contribution in [0.25, 0.3) is 16.7 Å². The topological polar surface area (TPSA) is 115 Å². The summed E-state index contributed by atoms with van der Waals surface area (Å²) < 4.78 is 19.6. The standard InChI is InChI=1S/C28H18FN5O2/c1-16-21(14-30)25(22(15-31)26(33-16)17-7-9-19(29)10-8-17)24-13-20-23(36-24)11-12-32-27(20)34-28(35)18-5-3-2-4-6-18/h2-13,21,25H,1H3,(H,32,34,35). The number of aromatic nitrogens is 1. The third-order valence-corrected chi connectivity index (χ3v) is 6.05. The molecule has 0 aliphatic carbocycles. The fourth-order valence-corrected chi connectivity index (χ4v) is 4.29. The third-order valence-electron chi connectivity index (χ3n) is 6.05. The first-order chi connectivity index (χ1) is 17.5. The third kappa shape index (κ3) is 4.02. The molecule has 36 heavy (non-hydrogen) atoms. The highest BCUT2D eigenvalue weighted by Gasteiger charge is 2.38. The van der Waals surface area contributed by atoms with Crippen molar-refractivity contribution in [3.05, 3.63) is 101 Å². The summed E-state index contributed by atoms with van der Waals surface area (Å²) in [5, 5.41) is 23.4. The molecule has 0 saturated heterocycles. The Kier molecular flexibility index (Phi) is 5.85. The van der Waals surface area contributed by atoms with Gasteiger partial charge in [-0.15, -0.1) is 0 Å². The van der Waals surface area contributed by atoms with E-state index in [1.807, 2.05) is 6.07 Å². The fraction of sp³-hybridized carbons (Fsp3) is 0.107. The molecule has 1 aliphatic heterocycles. The first-order valence-electron chi connectivity index (χ1n) is 11.1. The summed E-state index contributed by atoms with van der Waals surface area (Å²) >= 11 is 0. The van der Waals surface area contributed by atoms with E-state index in [-0.39, 0.29) is 11.5 Å². The Labute approximate surface area is 205 Å². The van der Waals surface area contributed by atoms with E-state index in [4.69, 9.17) is 4.42 Å². The van der Waals surface area contributed by atoms with Crippen molar-refractivity contribution in [3.63, 3.8) is 0 Å². The molecule has 0 fully saturated rings. The highest BCUT2D eigenvalue weighted by atomic mass is 19.1. The summed E-state index contributed by atoms with van der Waals surface area (Å²) in [4.78, 5) is 21.5. The summed E-state index contributed by atoms with van der Waals surface area (Å²) in [5.41, 5.74) is 2.59. The molecule has 7 nitrogen and oxygen atoms in total. The highest BCUT2D eigenvalue weighted by Crippen LogP contribution is 2.43. The number of allylic oxidation sites excluding steroid dienone is 1. The second-order valence-electron chi connectivity index (χ2n) is 8.26. The molecule has 0 radical (unpaired) electrons. The van der Waals surface area contributed by atoms with E-state index >= 15 is 0 Å². The van der Waals surface area contributed by atoms with Gasteiger partial charge in [0, 0.05) is 23.0 Å². The van der Waals surface area contributed by atoms with E-state index in [0.717, 1.165) is 0 Å². The molecule has 8 heteroatoms. The fourth-order valence-electron chi connectivity index (χ4n) is 4.29. The minimum absolute atomic E-state index is 0.237. The van der Waals surface area contributed by atoms with Gasteiger partial charge in [-0.1, -0.05) is 18.2 Å². The summed E-state index contributed by atoms with van der Waals surface area (Å²) in [7, 11) is 0. The zero-order valence-corrected chi connectivity index (χ0v) is 19.1. The Balaban J connectivity index is 1.61. The number of nitrogens with one attached hydrogen (secondary N) is 1. The van der Waals surface area contributed by atoms with Crippen LogP contribution in [0, 0.1) is 34.4 Å². The van der Waals surface area contributed by atoms with Gasteiger partial charge in [-0.05, 0) is 55.5 Å². The van der Waals surface area contributed by atoms with Gasteiger partial charge in [-0.2, -0.15) is 10.5 Å². The largest absolute Gasteiger partial charge is 0.460 e. The zero-order valence-electron chi connectivity index (χ0n) is 19.1. The average Bonchev–Trinajstić information content (AvgIpc) is 3.34. The molecule has 1 amide bonds. The number of aliphatic imine (C=N–C) groups is 1. The predicted molar refractivity (Wildman–Crippen MR) is 132 cm³/mol. The van der Waals surface area contributed by atoms with Crippen LogP contribution in [0.4, 0.5) is 10.2 Å². The second-order valence-corrected chi connectivity index (χ2v) is 8.26. The maximum atomic E-state index is 13.5. The minimum Gasteiger partial charge on any atom is -0.460 e. The Morgan fingerprint density at radius 3 is 2.53 bits per heavy atom. The number of amides is 1. The van der Waals surface area contributed by atoms with Gasteiger partial charge in [0.1, 0.15) is 23.0 Å². The van der Waals surface area contributed by atoms with Crippen molar-refractivity contribution >= 4 is 34.1 Å². The SMILES string of the molecule is CC1=NC(c2ccc(F)cc2)=C(C#N)C(c2cc3c(NC(=O)c4ccccc4)nccc3o2)C1C#N. The number of nitriles is 2. The van der Waals surface area contributed by atoms with Crippen LogP contribution in [0.15, 0.2) is 87.9 Å². The molecule has 2 atom stereocenters. The van der Waals surface area contributed by atoms with Crippen LogP contribution < -0.4 is 5.32 Å². The van der Waals surface area contributed by atoms with Crippen molar-refractivity contribution in [2.75, 3.05) is 5.32 Å². The van der Waals surface area contributed by atoms with Gasteiger partial charge in [0.2, 0.25) is 0 Å². The molecular formula is C28H18FN5O2. The Bertz CT molecular complexity index is 1620. The quantitative estimate of drug-likeness (QED) is 0.397. The Hall–Kier alpha value is -5.08. The van der Waals surface area contributed by atoms with Gasteiger partial charge in [0.25, 0.3) is 5.91 Å². The molecule has 1 aliphatic rings. The molecule has 2 unspecified atom stereocenters. The lowest BCUT2D eigenvalue weighted by Crippen LogP contribution is -2.24. The van der Waals surface area contributed by atoms with Gasteiger partial charge in [0.15, 0.2) is 0 Å². The summed E-state index contributed by atoms with van der Waals surface area (Å²) in [6.07, 6.45) is 1.51. The molecule has 2 aromatic carbocycles. The molecule has 0 spiro atoms. The minimum atomic E-state index is -0.750. The number of fused-ring (bicyclic) bond motifs is 1. The number of hydrogen-bond donors (Lipinski definition) is 1. The smallest absolute Gasteiger partial charge is 0.256 e. The van der Waals surface area contributed by atoms with Crippen LogP contribution >= 0.6 is 0 Å². The van der Waals surface area contributed by atoms with Crippen LogP contribution in [-0.2, 0) is 0 Å². The summed E-state index contributed by atoms with van der Waals surface area (Å²) in [6, 6.07) is 22.2. The number of furan rings is 1. The van der Waals surface area contributed by atoms with Gasteiger partial charge in [0.05, 0.1) is 40.6 Å². The number of halogens is 1. The van der Waals surface area contributed by atoms with Crippen LogP contribution in [-0.4, -0.2) is 16.6 Å². The van der Waals surface area contributed by atoms with Crippen molar-refractivity contribution in [1.82, 2.24) is 4.98 Å². The normalized spacial score (nSPS) is 17.3. The summed E-state index contributed by atoms with van der Waals surface area (Å²) in [6.45, 7) is 1.72. The lowest BCUT2D eigenvalue weighted by molar-refractivity contribution is 0.102. The van der Waals surface area contributed by atoms with Crippen LogP contribution in [0.1, 0.15) is 34.5 Å². The van der Waals surface area contributed by atoms with E-state index in [0.29, 0.717) is 45.1 Å². The van der Waals surface area contributed by atoms with Gasteiger partial charge in [-0.25, -0.2) is 9.37 Å². The molecule has 0 saturated carbocycles. The lowest BCUT2D eigenvalue weighted by Gasteiger charge is -2.26. The van der Waals surface area contributed by atoms with Gasteiger partial charge >= 0.3 is 0 Å². The number of pyridine rings is 1. The maximum absolute atomic E-state index is 13.5. The van der Waals surface area contributed by atoms with Crippen LogP contribution in [0.5, 0.6) is 0 Å². The highest BCUT2D eigenvalue weighted by molar-refractivity contribution is 6.07. The first kappa shape index (κ1) is 22.7. The molecular weight excluding hydrogens is 457 g/mol. The van der Waals surface area contributed by atoms with Crippen molar-refractivity contribution in [1.29, 1.82) is 10.5 Å². The first-order valence-corrected chi connectivity index (χ1v) is 11.1. The maximum Gasteiger partial charge on any atom is 0.256 e. The monoisotopic (exact) mass is 475 g/mol. The number of rotatable bonds is 4. The van der Waals surface area contributed by atoms with E-state index in [1.165, 1.54) is 18.3 Å². The van der Waals surface area contributed by atoms with Crippen molar-refractivity contribution in [2.45, 2.75) is 12.8 Å². The molecule has 4 aromatic rings. The average molecular weight is 475 g/mol. The lowest BCUT2D eigenvalue weighted by atomic mass is 9.78. The molecule has 1 N–H and O–H groups in total. The molecule has 3 heterocycles. The number of hydrogen-bond acceptors (Lipinski definition) is 6. The van der Waals surface area contributed by atoms with Crippen LogP contribution in [0.3, 0.4) is 0 Å². The molecule has 5 rings (SSSR count). The predicted octanol–water partition coefficient (Wildman–Crippen LogP) is 5.85. The van der Waals surface area contributed by atoms with Crippen molar-refractivity contribution in [3.8, 4) is 12.1 Å². The number of anilines is 1. The molecule has 174 valence electrons. The van der Waals surface area contributed by atoms with E-state index in [1.54, 1.807) is 55.5 Å². The molecule has 0 bridgehead atoms.